The fourth-order valence-electron chi connectivity index (χ4n) is 2.55. The van der Waals surface area contributed by atoms with E-state index >= 15 is 0 Å². The van der Waals surface area contributed by atoms with E-state index in [1.165, 1.54) is 30.5 Å². The predicted octanol–water partition coefficient (Wildman–Crippen LogP) is 2.79. The molecule has 0 unspecified atom stereocenters. The SMILES string of the molecule is C=CCCCCCN(C)C(=NC)NCc1c(C)nn(C)c1C. The van der Waals surface area contributed by atoms with Crippen molar-refractivity contribution in [3.05, 3.63) is 29.6 Å². The molecule has 0 atom stereocenters. The van der Waals surface area contributed by atoms with Crippen LogP contribution in [-0.2, 0) is 13.6 Å². The van der Waals surface area contributed by atoms with E-state index in [0.717, 1.165) is 31.2 Å². The van der Waals surface area contributed by atoms with Crippen molar-refractivity contribution in [2.45, 2.75) is 46.1 Å². The van der Waals surface area contributed by atoms with Crippen molar-refractivity contribution in [3.63, 3.8) is 0 Å². The van der Waals surface area contributed by atoms with E-state index in [-0.39, 0.29) is 0 Å². The lowest BCUT2D eigenvalue weighted by molar-refractivity contribution is 0.455. The van der Waals surface area contributed by atoms with E-state index in [9.17, 15) is 0 Å². The van der Waals surface area contributed by atoms with Crippen LogP contribution in [-0.4, -0.2) is 41.3 Å². The van der Waals surface area contributed by atoms with Gasteiger partial charge >= 0.3 is 0 Å². The molecule has 0 fully saturated rings. The maximum absolute atomic E-state index is 4.45. The third kappa shape index (κ3) is 5.20. The van der Waals surface area contributed by atoms with E-state index in [0.29, 0.717) is 0 Å². The first-order valence-corrected chi connectivity index (χ1v) is 8.03. The average molecular weight is 305 g/mol. The number of unbranched alkanes of at least 4 members (excludes halogenated alkanes) is 3. The summed E-state index contributed by atoms with van der Waals surface area (Å²) in [7, 11) is 5.90. The highest BCUT2D eigenvalue weighted by atomic mass is 15.3. The molecule has 1 rings (SSSR count). The van der Waals surface area contributed by atoms with Crippen molar-refractivity contribution in [1.29, 1.82) is 0 Å². The first-order chi connectivity index (χ1) is 10.5. The van der Waals surface area contributed by atoms with Crippen LogP contribution in [0.1, 0.15) is 42.6 Å². The van der Waals surface area contributed by atoms with Crippen molar-refractivity contribution >= 4 is 5.96 Å². The van der Waals surface area contributed by atoms with Crippen LogP contribution in [0.2, 0.25) is 0 Å². The Hall–Kier alpha value is -1.78. The normalized spacial score (nSPS) is 11.6. The van der Waals surface area contributed by atoms with Crippen LogP contribution < -0.4 is 5.32 Å². The third-order valence-corrected chi connectivity index (χ3v) is 4.06. The lowest BCUT2D eigenvalue weighted by Gasteiger charge is -2.22. The standard InChI is InChI=1S/C17H31N5/c1-7-8-9-10-11-12-21(5)17(18-4)19-13-16-14(2)20-22(6)15(16)3/h7H,1,8-13H2,2-6H3,(H,18,19). The lowest BCUT2D eigenvalue weighted by Crippen LogP contribution is -2.39. The van der Waals surface area contributed by atoms with Gasteiger partial charge in [-0.05, 0) is 33.1 Å². The smallest absolute Gasteiger partial charge is 0.193 e. The monoisotopic (exact) mass is 305 g/mol. The Kier molecular flexibility index (Phi) is 7.71. The summed E-state index contributed by atoms with van der Waals surface area (Å²) in [5.74, 6) is 0.936. The van der Waals surface area contributed by atoms with Crippen LogP contribution >= 0.6 is 0 Å². The summed E-state index contributed by atoms with van der Waals surface area (Å²) >= 11 is 0. The summed E-state index contributed by atoms with van der Waals surface area (Å²) in [6.07, 6.45) is 6.72. The second-order valence-electron chi connectivity index (χ2n) is 5.73. The van der Waals surface area contributed by atoms with Gasteiger partial charge in [0, 0.05) is 45.5 Å². The molecule has 1 N–H and O–H groups in total. The van der Waals surface area contributed by atoms with Crippen molar-refractivity contribution < 1.29 is 0 Å². The van der Waals surface area contributed by atoms with Gasteiger partial charge in [0.1, 0.15) is 0 Å². The van der Waals surface area contributed by atoms with Crippen molar-refractivity contribution in [2.75, 3.05) is 20.6 Å². The number of guanidine groups is 1. The summed E-state index contributed by atoms with van der Waals surface area (Å²) in [5, 5.41) is 7.89. The number of nitrogens with one attached hydrogen (secondary N) is 1. The largest absolute Gasteiger partial charge is 0.352 e. The Labute approximate surface area is 135 Å². The molecule has 5 heteroatoms. The fraction of sp³-hybridized carbons (Fsp3) is 0.647. The van der Waals surface area contributed by atoms with Gasteiger partial charge in [0.2, 0.25) is 0 Å². The average Bonchev–Trinajstić information content (AvgIpc) is 2.73. The zero-order valence-corrected chi connectivity index (χ0v) is 14.8. The molecule has 0 saturated heterocycles. The molecular formula is C17H31N5. The lowest BCUT2D eigenvalue weighted by atomic mass is 10.2. The van der Waals surface area contributed by atoms with Crippen molar-refractivity contribution in [2.24, 2.45) is 12.0 Å². The molecule has 22 heavy (non-hydrogen) atoms. The number of rotatable bonds is 8. The van der Waals surface area contributed by atoms with Crippen LogP contribution in [0.4, 0.5) is 0 Å². The number of nitrogens with zero attached hydrogens (tertiary/aromatic N) is 4. The number of hydrogen-bond acceptors (Lipinski definition) is 2. The Bertz CT molecular complexity index is 501. The number of aromatic nitrogens is 2. The highest BCUT2D eigenvalue weighted by Gasteiger charge is 2.11. The molecule has 0 bridgehead atoms. The van der Waals surface area contributed by atoms with Gasteiger partial charge in [-0.1, -0.05) is 12.5 Å². The summed E-state index contributed by atoms with van der Waals surface area (Å²) < 4.78 is 1.93. The molecule has 124 valence electrons. The zero-order valence-electron chi connectivity index (χ0n) is 14.8. The highest BCUT2D eigenvalue weighted by Crippen LogP contribution is 2.11. The number of hydrogen-bond donors (Lipinski definition) is 1. The highest BCUT2D eigenvalue weighted by molar-refractivity contribution is 5.79. The molecule has 0 spiro atoms. The van der Waals surface area contributed by atoms with Gasteiger partial charge in [0.05, 0.1) is 5.69 Å². The van der Waals surface area contributed by atoms with Crippen LogP contribution in [0.3, 0.4) is 0 Å². The van der Waals surface area contributed by atoms with E-state index < -0.39 is 0 Å². The first kappa shape index (κ1) is 18.3. The number of aryl methyl sites for hydroxylation is 2. The van der Waals surface area contributed by atoms with Crippen molar-refractivity contribution in [1.82, 2.24) is 20.0 Å². The Morgan fingerprint density at radius 3 is 2.64 bits per heavy atom. The van der Waals surface area contributed by atoms with Crippen molar-refractivity contribution in [3.8, 4) is 0 Å². The topological polar surface area (TPSA) is 45.4 Å². The van der Waals surface area contributed by atoms with Gasteiger partial charge in [0.25, 0.3) is 0 Å². The minimum atomic E-state index is 0.763. The van der Waals surface area contributed by atoms with Crippen LogP contribution in [0.5, 0.6) is 0 Å². The molecule has 0 aromatic carbocycles. The summed E-state index contributed by atoms with van der Waals surface area (Å²) in [5.41, 5.74) is 3.53. The minimum Gasteiger partial charge on any atom is -0.352 e. The first-order valence-electron chi connectivity index (χ1n) is 8.03. The molecule has 0 radical (unpaired) electrons. The Balaban J connectivity index is 2.46. The molecule has 0 amide bonds. The van der Waals surface area contributed by atoms with Crippen LogP contribution in [0, 0.1) is 13.8 Å². The van der Waals surface area contributed by atoms with Gasteiger partial charge in [-0.15, -0.1) is 6.58 Å². The molecule has 1 aromatic heterocycles. The molecule has 0 aliphatic carbocycles. The predicted molar refractivity (Wildman–Crippen MR) is 94.2 cm³/mol. The molecule has 0 saturated carbocycles. The molecule has 0 aliphatic rings. The van der Waals surface area contributed by atoms with Gasteiger partial charge in [-0.25, -0.2) is 0 Å². The zero-order chi connectivity index (χ0) is 16.5. The van der Waals surface area contributed by atoms with E-state index in [1.54, 1.807) is 0 Å². The molecule has 1 heterocycles. The molecule has 1 aromatic rings. The van der Waals surface area contributed by atoms with Gasteiger partial charge in [0.15, 0.2) is 5.96 Å². The van der Waals surface area contributed by atoms with E-state index in [4.69, 9.17) is 0 Å². The fourth-order valence-corrected chi connectivity index (χ4v) is 2.55. The molecule has 0 aliphatic heterocycles. The maximum atomic E-state index is 4.45. The van der Waals surface area contributed by atoms with Crippen LogP contribution in [0.15, 0.2) is 17.6 Å². The second-order valence-corrected chi connectivity index (χ2v) is 5.73. The van der Waals surface area contributed by atoms with Gasteiger partial charge in [-0.2, -0.15) is 5.10 Å². The van der Waals surface area contributed by atoms with E-state index in [2.05, 4.69) is 47.8 Å². The van der Waals surface area contributed by atoms with E-state index in [1.807, 2.05) is 24.9 Å². The molecule has 5 nitrogen and oxygen atoms in total. The minimum absolute atomic E-state index is 0.763. The Morgan fingerprint density at radius 2 is 2.09 bits per heavy atom. The number of allylic oxidation sites excluding steroid dienone is 1. The quantitative estimate of drug-likeness (QED) is 0.348. The molecular weight excluding hydrogens is 274 g/mol. The summed E-state index contributed by atoms with van der Waals surface area (Å²) in [6.45, 7) is 9.69. The van der Waals surface area contributed by atoms with Crippen LogP contribution in [0.25, 0.3) is 0 Å². The maximum Gasteiger partial charge on any atom is 0.193 e. The third-order valence-electron chi connectivity index (χ3n) is 4.06. The Morgan fingerprint density at radius 1 is 1.36 bits per heavy atom. The second kappa shape index (κ2) is 9.28. The van der Waals surface area contributed by atoms with Gasteiger partial charge in [-0.3, -0.25) is 9.67 Å². The summed E-state index contributed by atoms with van der Waals surface area (Å²) in [4.78, 5) is 6.56. The number of aliphatic imine (C=N–C) groups is 1. The summed E-state index contributed by atoms with van der Waals surface area (Å²) in [6, 6.07) is 0. The van der Waals surface area contributed by atoms with Gasteiger partial charge < -0.3 is 10.2 Å².